The first-order valence-corrected chi connectivity index (χ1v) is 4.55. The third-order valence-corrected chi connectivity index (χ3v) is 1.88. The highest BCUT2D eigenvalue weighted by molar-refractivity contribution is 6.50. The van der Waals surface area contributed by atoms with E-state index in [4.69, 9.17) is 0 Å². The van der Waals surface area contributed by atoms with Crippen LogP contribution in [0.2, 0.25) is 0 Å². The highest BCUT2D eigenvalue weighted by atomic mass is 19.5. The normalized spacial score (nSPS) is 13.6. The summed E-state index contributed by atoms with van der Waals surface area (Å²) >= 11 is 0. The third kappa shape index (κ3) is 24.5. The highest BCUT2D eigenvalue weighted by Gasteiger charge is 2.20. The fourth-order valence-corrected chi connectivity index (χ4v) is 0.789. The molecule has 13 heavy (non-hydrogen) atoms. The number of hydrogen-bond acceptors (Lipinski definition) is 0. The molecule has 0 amide bonds. The van der Waals surface area contributed by atoms with Crippen LogP contribution in [0.25, 0.3) is 0 Å². The zero-order valence-electron chi connectivity index (χ0n) is 8.66. The maximum Gasteiger partial charge on any atom is 0.673 e. The van der Waals surface area contributed by atoms with Gasteiger partial charge in [0.2, 0.25) is 0 Å². The van der Waals surface area contributed by atoms with Gasteiger partial charge < -0.3 is 17.3 Å². The lowest BCUT2D eigenvalue weighted by atomic mass is 9.94. The second kappa shape index (κ2) is 7.21. The fourth-order valence-electron chi connectivity index (χ4n) is 0.789. The van der Waals surface area contributed by atoms with Crippen molar-refractivity contribution in [3.05, 3.63) is 0 Å². The number of hydrogen-bond donors (Lipinski definition) is 0. The van der Waals surface area contributed by atoms with Crippen LogP contribution in [0, 0.1) is 11.8 Å². The second-order valence-electron chi connectivity index (χ2n) is 3.50. The maximum absolute atomic E-state index is 9.75. The molecule has 0 aliphatic heterocycles. The Bertz CT molecular complexity index is 105. The van der Waals surface area contributed by atoms with Gasteiger partial charge in [-0.3, -0.25) is 0 Å². The summed E-state index contributed by atoms with van der Waals surface area (Å²) in [7, 11) is -6.00. The molecular weight excluding hydrogens is 183 g/mol. The molecule has 0 spiro atoms. The third-order valence-electron chi connectivity index (χ3n) is 1.88. The van der Waals surface area contributed by atoms with E-state index >= 15 is 0 Å². The van der Waals surface area contributed by atoms with Crippen molar-refractivity contribution in [1.82, 2.24) is 0 Å². The lowest BCUT2D eigenvalue weighted by Gasteiger charge is -2.12. The Balaban J connectivity index is 0. The van der Waals surface area contributed by atoms with E-state index < -0.39 is 7.25 Å². The fraction of sp³-hybridized carbons (Fsp3) is 1.00. The molecule has 0 saturated heterocycles. The smallest absolute Gasteiger partial charge is 0.418 e. The SMILES string of the molecule is CCCC(C)C(C)C.F[B-](F)(F)F. The highest BCUT2D eigenvalue weighted by Crippen LogP contribution is 2.14. The van der Waals surface area contributed by atoms with Gasteiger partial charge in [-0.1, -0.05) is 40.5 Å². The Labute approximate surface area is 77.8 Å². The monoisotopic (exact) mass is 201 g/mol. The van der Waals surface area contributed by atoms with E-state index in [2.05, 4.69) is 27.7 Å². The van der Waals surface area contributed by atoms with Crippen LogP contribution in [0.5, 0.6) is 0 Å². The van der Waals surface area contributed by atoms with Crippen molar-refractivity contribution in [3.8, 4) is 0 Å². The molecular formula is C8H18BF4-. The molecule has 1 atom stereocenters. The van der Waals surface area contributed by atoms with Gasteiger partial charge in [0.05, 0.1) is 0 Å². The Hall–Kier alpha value is -0.215. The van der Waals surface area contributed by atoms with E-state index in [1.165, 1.54) is 12.8 Å². The van der Waals surface area contributed by atoms with Crippen LogP contribution >= 0.6 is 0 Å². The number of rotatable bonds is 3. The van der Waals surface area contributed by atoms with Crippen LogP contribution in [-0.4, -0.2) is 7.25 Å². The van der Waals surface area contributed by atoms with Crippen LogP contribution in [0.4, 0.5) is 17.3 Å². The zero-order chi connectivity index (χ0) is 11.1. The van der Waals surface area contributed by atoms with Gasteiger partial charge in [-0.2, -0.15) is 0 Å². The van der Waals surface area contributed by atoms with Crippen molar-refractivity contribution in [2.45, 2.75) is 40.5 Å². The molecule has 0 nitrogen and oxygen atoms in total. The van der Waals surface area contributed by atoms with Crippen LogP contribution in [0.3, 0.4) is 0 Å². The molecule has 0 aromatic carbocycles. The van der Waals surface area contributed by atoms with Crippen LogP contribution in [-0.2, 0) is 0 Å². The van der Waals surface area contributed by atoms with Gasteiger partial charge >= 0.3 is 7.25 Å². The van der Waals surface area contributed by atoms with Crippen molar-refractivity contribution in [3.63, 3.8) is 0 Å². The number of halogens is 4. The summed E-state index contributed by atoms with van der Waals surface area (Å²) < 4.78 is 39.0. The Morgan fingerprint density at radius 2 is 1.31 bits per heavy atom. The van der Waals surface area contributed by atoms with Gasteiger partial charge in [-0.15, -0.1) is 0 Å². The summed E-state index contributed by atoms with van der Waals surface area (Å²) in [6.45, 7) is 9.16. The molecule has 0 aromatic rings. The average Bonchev–Trinajstić information content (AvgIpc) is 1.84. The summed E-state index contributed by atoms with van der Waals surface area (Å²) in [5, 5.41) is 0. The van der Waals surface area contributed by atoms with E-state index in [0.29, 0.717) is 0 Å². The molecule has 0 fully saturated rings. The Morgan fingerprint density at radius 1 is 1.00 bits per heavy atom. The van der Waals surface area contributed by atoms with Gasteiger partial charge in [-0.25, -0.2) is 0 Å². The van der Waals surface area contributed by atoms with Gasteiger partial charge in [-0.05, 0) is 11.8 Å². The van der Waals surface area contributed by atoms with E-state index in [0.717, 1.165) is 11.8 Å². The van der Waals surface area contributed by atoms with Gasteiger partial charge in [0.15, 0.2) is 0 Å². The Kier molecular flexibility index (Phi) is 8.47. The quantitative estimate of drug-likeness (QED) is 0.469. The van der Waals surface area contributed by atoms with Gasteiger partial charge in [0.25, 0.3) is 0 Å². The molecule has 0 aliphatic carbocycles. The van der Waals surface area contributed by atoms with E-state index in [1.807, 2.05) is 0 Å². The van der Waals surface area contributed by atoms with E-state index in [9.17, 15) is 17.3 Å². The van der Waals surface area contributed by atoms with Gasteiger partial charge in [0.1, 0.15) is 0 Å². The lowest BCUT2D eigenvalue weighted by Crippen LogP contribution is -2.02. The predicted molar refractivity (Wildman–Crippen MR) is 49.1 cm³/mol. The molecule has 0 radical (unpaired) electrons. The summed E-state index contributed by atoms with van der Waals surface area (Å²) in [6, 6.07) is 0. The van der Waals surface area contributed by atoms with Crippen LogP contribution in [0.1, 0.15) is 40.5 Å². The van der Waals surface area contributed by atoms with Gasteiger partial charge in [0, 0.05) is 0 Å². The standard InChI is InChI=1S/C8H18.BF4/c1-5-6-8(4)7(2)3;2-1(3,4)5/h7-8H,5-6H2,1-4H3;/q;-1. The second-order valence-corrected chi connectivity index (χ2v) is 3.50. The average molecular weight is 201 g/mol. The maximum atomic E-state index is 9.75. The van der Waals surface area contributed by atoms with Crippen molar-refractivity contribution in [1.29, 1.82) is 0 Å². The lowest BCUT2D eigenvalue weighted by molar-refractivity contribution is 0.368. The molecule has 0 N–H and O–H groups in total. The van der Waals surface area contributed by atoms with Crippen molar-refractivity contribution in [2.75, 3.05) is 0 Å². The Morgan fingerprint density at radius 3 is 1.38 bits per heavy atom. The molecule has 0 rings (SSSR count). The van der Waals surface area contributed by atoms with Crippen LogP contribution in [0.15, 0.2) is 0 Å². The van der Waals surface area contributed by atoms with Crippen LogP contribution < -0.4 is 0 Å². The minimum atomic E-state index is -6.00. The van der Waals surface area contributed by atoms with E-state index in [1.54, 1.807) is 0 Å². The summed E-state index contributed by atoms with van der Waals surface area (Å²) in [4.78, 5) is 0. The van der Waals surface area contributed by atoms with E-state index in [-0.39, 0.29) is 0 Å². The summed E-state index contributed by atoms with van der Waals surface area (Å²) in [5.74, 6) is 1.79. The van der Waals surface area contributed by atoms with Crippen molar-refractivity contribution in [2.24, 2.45) is 11.8 Å². The zero-order valence-corrected chi connectivity index (χ0v) is 8.66. The summed E-state index contributed by atoms with van der Waals surface area (Å²) in [6.07, 6.45) is 2.72. The minimum Gasteiger partial charge on any atom is -0.418 e. The molecule has 0 saturated carbocycles. The minimum absolute atomic E-state index is 0.870. The molecule has 0 aliphatic rings. The molecule has 1 unspecified atom stereocenters. The molecule has 5 heteroatoms. The summed E-state index contributed by atoms with van der Waals surface area (Å²) in [5.41, 5.74) is 0. The van der Waals surface area contributed by atoms with Crippen molar-refractivity contribution < 1.29 is 17.3 Å². The molecule has 82 valence electrons. The first-order chi connectivity index (χ1) is 5.68. The molecule has 0 heterocycles. The predicted octanol–water partition coefficient (Wildman–Crippen LogP) is 4.38. The molecule has 0 bridgehead atoms. The first-order valence-electron chi connectivity index (χ1n) is 4.55. The first kappa shape index (κ1) is 15.3. The largest absolute Gasteiger partial charge is 0.673 e. The van der Waals surface area contributed by atoms with Crippen molar-refractivity contribution >= 4 is 7.25 Å². The molecule has 0 aromatic heterocycles. The topological polar surface area (TPSA) is 0 Å².